The van der Waals surface area contributed by atoms with E-state index in [1.165, 1.54) is 0 Å². The first-order valence-corrected chi connectivity index (χ1v) is 10.1. The SMILES string of the molecule is COc1ccc2cc(Br)ccc2c1-c1c(S(N)=O)ccc2ccccc12. The Bertz CT molecular complexity index is 1170. The fourth-order valence-electron chi connectivity index (χ4n) is 3.39. The molecule has 0 spiro atoms. The first-order chi connectivity index (χ1) is 12.6. The van der Waals surface area contributed by atoms with Gasteiger partial charge >= 0.3 is 0 Å². The summed E-state index contributed by atoms with van der Waals surface area (Å²) in [5, 5.41) is 9.98. The number of rotatable bonds is 3. The van der Waals surface area contributed by atoms with E-state index in [1.54, 1.807) is 7.11 Å². The van der Waals surface area contributed by atoms with E-state index in [2.05, 4.69) is 22.0 Å². The van der Waals surface area contributed by atoms with E-state index in [-0.39, 0.29) is 0 Å². The molecule has 4 aromatic rings. The summed E-state index contributed by atoms with van der Waals surface area (Å²) in [6.45, 7) is 0. The highest BCUT2D eigenvalue weighted by molar-refractivity contribution is 9.10. The molecule has 3 nitrogen and oxygen atoms in total. The molecule has 1 atom stereocenters. The van der Waals surface area contributed by atoms with Crippen LogP contribution in [0.25, 0.3) is 32.7 Å². The minimum Gasteiger partial charge on any atom is -0.496 e. The third-order valence-electron chi connectivity index (χ3n) is 4.52. The number of fused-ring (bicyclic) bond motifs is 2. The zero-order valence-electron chi connectivity index (χ0n) is 14.0. The number of ether oxygens (including phenoxy) is 1. The molecule has 0 saturated carbocycles. The van der Waals surface area contributed by atoms with Crippen LogP contribution in [0, 0.1) is 0 Å². The number of halogens is 1. The van der Waals surface area contributed by atoms with Crippen molar-refractivity contribution in [3.05, 3.63) is 71.2 Å². The fraction of sp³-hybridized carbons (Fsp3) is 0.0476. The van der Waals surface area contributed by atoms with Crippen molar-refractivity contribution in [1.29, 1.82) is 0 Å². The predicted molar refractivity (Wildman–Crippen MR) is 112 cm³/mol. The smallest absolute Gasteiger partial charge is 0.127 e. The number of nitrogens with two attached hydrogens (primary N) is 1. The minimum atomic E-state index is -1.62. The van der Waals surface area contributed by atoms with Gasteiger partial charge in [-0.3, -0.25) is 0 Å². The van der Waals surface area contributed by atoms with Crippen LogP contribution in [0.15, 0.2) is 76.1 Å². The molecule has 5 heteroatoms. The molecule has 4 rings (SSSR count). The Kier molecular flexibility index (Phi) is 4.53. The van der Waals surface area contributed by atoms with E-state index in [4.69, 9.17) is 9.88 Å². The quantitative estimate of drug-likeness (QED) is 0.476. The molecule has 0 saturated heterocycles. The maximum Gasteiger partial charge on any atom is 0.127 e. The van der Waals surface area contributed by atoms with Crippen molar-refractivity contribution in [2.75, 3.05) is 7.11 Å². The van der Waals surface area contributed by atoms with Crippen molar-refractivity contribution in [3.63, 3.8) is 0 Å². The second kappa shape index (κ2) is 6.83. The van der Waals surface area contributed by atoms with Crippen LogP contribution in [-0.2, 0) is 11.0 Å². The summed E-state index contributed by atoms with van der Waals surface area (Å²) >= 11 is 3.53. The molecule has 0 fully saturated rings. The Balaban J connectivity index is 2.23. The van der Waals surface area contributed by atoms with E-state index in [0.717, 1.165) is 42.9 Å². The largest absolute Gasteiger partial charge is 0.496 e. The van der Waals surface area contributed by atoms with Crippen LogP contribution in [0.4, 0.5) is 0 Å². The monoisotopic (exact) mass is 425 g/mol. The Labute approximate surface area is 162 Å². The fourth-order valence-corrected chi connectivity index (χ4v) is 4.38. The standard InChI is InChI=1S/C21H16BrNO2S/c1-25-18-10-6-14-12-15(22)8-9-17(14)20(18)21-16-5-3-2-4-13(16)7-11-19(21)26(23)24/h2-12H,23H2,1H3. The molecule has 1 unspecified atom stereocenters. The van der Waals surface area contributed by atoms with Crippen LogP contribution >= 0.6 is 15.9 Å². The molecule has 0 aromatic heterocycles. The Morgan fingerprint density at radius 3 is 2.38 bits per heavy atom. The zero-order valence-corrected chi connectivity index (χ0v) is 16.4. The summed E-state index contributed by atoms with van der Waals surface area (Å²) in [5.74, 6) is 0.725. The molecule has 0 amide bonds. The van der Waals surface area contributed by atoms with E-state index in [1.807, 2.05) is 60.7 Å². The maximum absolute atomic E-state index is 12.3. The first-order valence-electron chi connectivity index (χ1n) is 8.04. The lowest BCUT2D eigenvalue weighted by molar-refractivity contribution is 0.417. The molecule has 0 bridgehead atoms. The van der Waals surface area contributed by atoms with Gasteiger partial charge in [0, 0.05) is 15.6 Å². The average molecular weight is 426 g/mol. The van der Waals surface area contributed by atoms with Crippen molar-refractivity contribution in [2.45, 2.75) is 4.90 Å². The average Bonchev–Trinajstić information content (AvgIpc) is 2.66. The van der Waals surface area contributed by atoms with E-state index in [9.17, 15) is 4.21 Å². The molecule has 4 aromatic carbocycles. The highest BCUT2D eigenvalue weighted by Gasteiger charge is 2.19. The van der Waals surface area contributed by atoms with Gasteiger partial charge in [0.15, 0.2) is 0 Å². The molecular weight excluding hydrogens is 410 g/mol. The lowest BCUT2D eigenvalue weighted by Gasteiger charge is -2.17. The Hall–Kier alpha value is -2.21. The van der Waals surface area contributed by atoms with Crippen LogP contribution < -0.4 is 9.88 Å². The molecule has 0 aliphatic carbocycles. The second-order valence-electron chi connectivity index (χ2n) is 5.97. The molecule has 0 radical (unpaired) electrons. The molecule has 0 aliphatic heterocycles. The Morgan fingerprint density at radius 2 is 1.62 bits per heavy atom. The maximum atomic E-state index is 12.3. The summed E-state index contributed by atoms with van der Waals surface area (Å²) in [4.78, 5) is 0.595. The van der Waals surface area contributed by atoms with Gasteiger partial charge in [-0.05, 0) is 45.8 Å². The van der Waals surface area contributed by atoms with Crippen LogP contribution in [0.1, 0.15) is 0 Å². The van der Waals surface area contributed by atoms with Gasteiger partial charge in [-0.25, -0.2) is 9.35 Å². The van der Waals surface area contributed by atoms with Crippen molar-refractivity contribution < 1.29 is 8.95 Å². The van der Waals surface area contributed by atoms with E-state index >= 15 is 0 Å². The van der Waals surface area contributed by atoms with Gasteiger partial charge in [0.2, 0.25) is 0 Å². The van der Waals surface area contributed by atoms with E-state index < -0.39 is 11.0 Å². The van der Waals surface area contributed by atoms with Gasteiger partial charge in [0.05, 0.1) is 12.0 Å². The van der Waals surface area contributed by atoms with E-state index in [0.29, 0.717) is 4.90 Å². The number of methoxy groups -OCH3 is 1. The van der Waals surface area contributed by atoms with Gasteiger partial charge in [-0.2, -0.15) is 0 Å². The number of hydrogen-bond acceptors (Lipinski definition) is 2. The van der Waals surface area contributed by atoms with Gasteiger partial charge < -0.3 is 4.74 Å². The normalized spacial score (nSPS) is 12.4. The molecule has 130 valence electrons. The zero-order chi connectivity index (χ0) is 18.3. The van der Waals surface area contributed by atoms with Gasteiger partial charge in [-0.15, -0.1) is 0 Å². The van der Waals surface area contributed by atoms with Crippen molar-refractivity contribution in [1.82, 2.24) is 0 Å². The number of hydrogen-bond donors (Lipinski definition) is 1. The van der Waals surface area contributed by atoms with Gasteiger partial charge in [-0.1, -0.05) is 58.4 Å². The summed E-state index contributed by atoms with van der Waals surface area (Å²) < 4.78 is 19.0. The van der Waals surface area contributed by atoms with Gasteiger partial charge in [0.25, 0.3) is 0 Å². The molecular formula is C21H16BrNO2S. The van der Waals surface area contributed by atoms with Crippen LogP contribution in [0.5, 0.6) is 5.75 Å². The third-order valence-corrected chi connectivity index (χ3v) is 5.79. The molecule has 2 N–H and O–H groups in total. The molecule has 0 aliphatic rings. The summed E-state index contributed by atoms with van der Waals surface area (Å²) in [6, 6.07) is 21.9. The minimum absolute atomic E-state index is 0.595. The first kappa shape index (κ1) is 17.2. The molecule has 26 heavy (non-hydrogen) atoms. The van der Waals surface area contributed by atoms with Crippen LogP contribution in [-0.4, -0.2) is 11.3 Å². The summed E-state index contributed by atoms with van der Waals surface area (Å²) in [6.07, 6.45) is 0. The highest BCUT2D eigenvalue weighted by Crippen LogP contribution is 2.43. The third kappa shape index (κ3) is 2.82. The van der Waals surface area contributed by atoms with Crippen LogP contribution in [0.2, 0.25) is 0 Å². The topological polar surface area (TPSA) is 52.3 Å². The highest BCUT2D eigenvalue weighted by atomic mass is 79.9. The Morgan fingerprint density at radius 1 is 0.885 bits per heavy atom. The molecule has 0 heterocycles. The number of benzene rings is 4. The van der Waals surface area contributed by atoms with Crippen molar-refractivity contribution >= 4 is 48.5 Å². The van der Waals surface area contributed by atoms with Crippen molar-refractivity contribution in [2.24, 2.45) is 5.14 Å². The van der Waals surface area contributed by atoms with Gasteiger partial charge in [0.1, 0.15) is 16.7 Å². The summed E-state index contributed by atoms with van der Waals surface area (Å²) in [5.41, 5.74) is 1.76. The van der Waals surface area contributed by atoms with Crippen LogP contribution in [0.3, 0.4) is 0 Å². The second-order valence-corrected chi connectivity index (χ2v) is 7.92. The lowest BCUT2D eigenvalue weighted by Crippen LogP contribution is -2.05. The lowest BCUT2D eigenvalue weighted by atomic mass is 9.93. The predicted octanol–water partition coefficient (Wildman–Crippen LogP) is 5.41. The van der Waals surface area contributed by atoms with Crippen molar-refractivity contribution in [3.8, 4) is 16.9 Å². The summed E-state index contributed by atoms with van der Waals surface area (Å²) in [7, 11) is 0.0272.